The molecule has 1 unspecified atom stereocenters. The molecule has 2 rings (SSSR count). The van der Waals surface area contributed by atoms with Gasteiger partial charge in [0.25, 0.3) is 0 Å². The van der Waals surface area contributed by atoms with Crippen LogP contribution in [0.15, 0.2) is 29.0 Å². The van der Waals surface area contributed by atoms with Crippen molar-refractivity contribution in [3.05, 3.63) is 51.2 Å². The Morgan fingerprint density at radius 2 is 2.11 bits per heavy atom. The van der Waals surface area contributed by atoms with Crippen molar-refractivity contribution in [3.8, 4) is 5.75 Å². The van der Waals surface area contributed by atoms with Crippen molar-refractivity contribution in [2.75, 3.05) is 14.2 Å². The number of hydrogen-bond donors (Lipinski definition) is 1. The fourth-order valence-electron chi connectivity index (χ4n) is 2.55. The number of likely N-dealkylation sites (N-methyl/N-ethyl adjacent to an activating group) is 1. The van der Waals surface area contributed by atoms with Crippen LogP contribution in [0.4, 0.5) is 0 Å². The molecule has 0 saturated heterocycles. The number of rotatable bonds is 5. The van der Waals surface area contributed by atoms with Crippen molar-refractivity contribution in [2.45, 2.75) is 26.3 Å². The van der Waals surface area contributed by atoms with Crippen LogP contribution in [-0.4, -0.2) is 14.2 Å². The summed E-state index contributed by atoms with van der Waals surface area (Å²) in [5.41, 5.74) is 5.16. The molecule has 3 heteroatoms. The van der Waals surface area contributed by atoms with Gasteiger partial charge in [0, 0.05) is 11.6 Å². The van der Waals surface area contributed by atoms with Gasteiger partial charge in [-0.3, -0.25) is 0 Å². The van der Waals surface area contributed by atoms with Crippen molar-refractivity contribution < 1.29 is 4.74 Å². The lowest BCUT2D eigenvalue weighted by molar-refractivity contribution is 0.400. The molecule has 19 heavy (non-hydrogen) atoms. The van der Waals surface area contributed by atoms with Gasteiger partial charge in [-0.2, -0.15) is 11.3 Å². The van der Waals surface area contributed by atoms with E-state index >= 15 is 0 Å². The fourth-order valence-corrected chi connectivity index (χ4v) is 3.23. The van der Waals surface area contributed by atoms with Gasteiger partial charge in [-0.25, -0.2) is 0 Å². The predicted octanol–water partition coefficient (Wildman–Crippen LogP) is 3.88. The Labute approximate surface area is 119 Å². The van der Waals surface area contributed by atoms with E-state index in [0.717, 1.165) is 12.2 Å². The average molecular weight is 275 g/mol. The molecule has 0 aliphatic rings. The lowest BCUT2D eigenvalue weighted by atomic mass is 9.94. The monoisotopic (exact) mass is 275 g/mol. The molecule has 1 N–H and O–H groups in total. The number of hydrogen-bond acceptors (Lipinski definition) is 3. The second kappa shape index (κ2) is 6.22. The first-order valence-electron chi connectivity index (χ1n) is 6.49. The van der Waals surface area contributed by atoms with Gasteiger partial charge >= 0.3 is 0 Å². The van der Waals surface area contributed by atoms with Crippen molar-refractivity contribution in [1.29, 1.82) is 0 Å². The van der Waals surface area contributed by atoms with Crippen LogP contribution in [0, 0.1) is 13.8 Å². The molecule has 0 saturated carbocycles. The third-order valence-corrected chi connectivity index (χ3v) is 4.16. The summed E-state index contributed by atoms with van der Waals surface area (Å²) in [4.78, 5) is 0. The van der Waals surface area contributed by atoms with Gasteiger partial charge < -0.3 is 10.1 Å². The Bertz CT molecular complexity index is 534. The zero-order valence-electron chi connectivity index (χ0n) is 12.0. The van der Waals surface area contributed by atoms with Gasteiger partial charge in [0.05, 0.1) is 7.11 Å². The highest BCUT2D eigenvalue weighted by atomic mass is 32.1. The molecular formula is C16H21NOS. The average Bonchev–Trinajstić information content (AvgIpc) is 2.88. The Morgan fingerprint density at radius 1 is 1.32 bits per heavy atom. The summed E-state index contributed by atoms with van der Waals surface area (Å²) >= 11 is 1.74. The summed E-state index contributed by atoms with van der Waals surface area (Å²) in [6.07, 6.45) is 0.986. The highest BCUT2D eigenvalue weighted by Crippen LogP contribution is 2.32. The summed E-state index contributed by atoms with van der Waals surface area (Å²) in [5, 5.41) is 7.75. The first-order valence-corrected chi connectivity index (χ1v) is 7.43. The maximum atomic E-state index is 5.57. The van der Waals surface area contributed by atoms with E-state index in [4.69, 9.17) is 4.74 Å². The van der Waals surface area contributed by atoms with Gasteiger partial charge in [0.1, 0.15) is 5.75 Å². The van der Waals surface area contributed by atoms with Crippen LogP contribution in [-0.2, 0) is 6.42 Å². The smallest absolute Gasteiger partial charge is 0.124 e. The molecule has 1 aromatic carbocycles. The van der Waals surface area contributed by atoms with Crippen LogP contribution in [0.25, 0.3) is 0 Å². The van der Waals surface area contributed by atoms with Gasteiger partial charge in [-0.05, 0) is 66.9 Å². The number of methoxy groups -OCH3 is 1. The number of aryl methyl sites for hydroxylation is 2. The van der Waals surface area contributed by atoms with E-state index in [0.29, 0.717) is 0 Å². The lowest BCUT2D eigenvalue weighted by Gasteiger charge is -2.22. The minimum Gasteiger partial charge on any atom is -0.496 e. The second-order valence-electron chi connectivity index (χ2n) is 4.87. The van der Waals surface area contributed by atoms with E-state index in [2.05, 4.69) is 48.1 Å². The van der Waals surface area contributed by atoms with Crippen LogP contribution in [0.3, 0.4) is 0 Å². The summed E-state index contributed by atoms with van der Waals surface area (Å²) in [6, 6.07) is 6.80. The minimum atomic E-state index is 0.283. The molecule has 2 nitrogen and oxygen atoms in total. The van der Waals surface area contributed by atoms with Crippen molar-refractivity contribution in [2.24, 2.45) is 0 Å². The van der Waals surface area contributed by atoms with Crippen molar-refractivity contribution in [1.82, 2.24) is 5.32 Å². The van der Waals surface area contributed by atoms with E-state index < -0.39 is 0 Å². The van der Waals surface area contributed by atoms with Crippen molar-refractivity contribution in [3.63, 3.8) is 0 Å². The zero-order valence-corrected chi connectivity index (χ0v) is 12.8. The van der Waals surface area contributed by atoms with Crippen LogP contribution in [0.2, 0.25) is 0 Å². The van der Waals surface area contributed by atoms with Crippen LogP contribution >= 0.6 is 11.3 Å². The lowest BCUT2D eigenvalue weighted by Crippen LogP contribution is -2.20. The number of nitrogens with one attached hydrogen (secondary N) is 1. The number of benzene rings is 1. The Hall–Kier alpha value is -1.32. The van der Waals surface area contributed by atoms with E-state index in [9.17, 15) is 0 Å². The summed E-state index contributed by atoms with van der Waals surface area (Å²) in [5.74, 6) is 0.979. The minimum absolute atomic E-state index is 0.283. The molecule has 0 bridgehead atoms. The zero-order chi connectivity index (χ0) is 13.8. The molecule has 0 radical (unpaired) electrons. The molecular weight excluding hydrogens is 254 g/mol. The van der Waals surface area contributed by atoms with Crippen LogP contribution in [0.5, 0.6) is 5.75 Å². The fraction of sp³-hybridized carbons (Fsp3) is 0.375. The standard InChI is InChI=1S/C16H21NOS/c1-11-7-12(2)16(15(8-11)18-4)14(17-3)9-13-5-6-19-10-13/h5-8,10,14,17H,9H2,1-4H3. The highest BCUT2D eigenvalue weighted by molar-refractivity contribution is 7.07. The third kappa shape index (κ3) is 3.17. The molecule has 0 amide bonds. The molecule has 0 spiro atoms. The molecule has 1 aromatic heterocycles. The molecule has 1 atom stereocenters. The molecule has 2 aromatic rings. The molecule has 0 aliphatic carbocycles. The van der Waals surface area contributed by atoms with E-state index in [1.807, 2.05) is 7.05 Å². The van der Waals surface area contributed by atoms with Gasteiger partial charge in [-0.15, -0.1) is 0 Å². The largest absolute Gasteiger partial charge is 0.496 e. The second-order valence-corrected chi connectivity index (χ2v) is 5.65. The Morgan fingerprint density at radius 3 is 2.68 bits per heavy atom. The van der Waals surface area contributed by atoms with E-state index in [-0.39, 0.29) is 6.04 Å². The predicted molar refractivity (Wildman–Crippen MR) is 82.3 cm³/mol. The van der Waals surface area contributed by atoms with E-state index in [1.54, 1.807) is 18.4 Å². The molecule has 0 aliphatic heterocycles. The quantitative estimate of drug-likeness (QED) is 0.894. The SMILES string of the molecule is CNC(Cc1ccsc1)c1c(C)cc(C)cc1OC. The molecule has 0 fully saturated rings. The molecule has 1 heterocycles. The number of thiophene rings is 1. The maximum Gasteiger partial charge on any atom is 0.124 e. The first-order chi connectivity index (χ1) is 9.15. The topological polar surface area (TPSA) is 21.3 Å². The van der Waals surface area contributed by atoms with Gasteiger partial charge in [-0.1, -0.05) is 6.07 Å². The Balaban J connectivity index is 2.37. The third-order valence-electron chi connectivity index (χ3n) is 3.43. The van der Waals surface area contributed by atoms with Crippen LogP contribution < -0.4 is 10.1 Å². The van der Waals surface area contributed by atoms with Gasteiger partial charge in [0.2, 0.25) is 0 Å². The molecule has 102 valence electrons. The van der Waals surface area contributed by atoms with Gasteiger partial charge in [0.15, 0.2) is 0 Å². The van der Waals surface area contributed by atoms with E-state index in [1.165, 1.54) is 22.3 Å². The maximum absolute atomic E-state index is 5.57. The first kappa shape index (κ1) is 14.1. The normalized spacial score (nSPS) is 12.4. The highest BCUT2D eigenvalue weighted by Gasteiger charge is 2.18. The summed E-state index contributed by atoms with van der Waals surface area (Å²) < 4.78 is 5.57. The van der Waals surface area contributed by atoms with Crippen LogP contribution in [0.1, 0.15) is 28.3 Å². The number of ether oxygens (including phenoxy) is 1. The summed E-state index contributed by atoms with van der Waals surface area (Å²) in [7, 11) is 3.75. The van der Waals surface area contributed by atoms with Crippen molar-refractivity contribution >= 4 is 11.3 Å². The Kier molecular flexibility index (Phi) is 4.61. The summed E-state index contributed by atoms with van der Waals surface area (Å²) in [6.45, 7) is 4.26.